The fraction of sp³-hybridized carbons (Fsp3) is 0.818. The zero-order chi connectivity index (χ0) is 10.3. The molecule has 0 spiro atoms. The summed E-state index contributed by atoms with van der Waals surface area (Å²) >= 11 is 0. The average Bonchev–Trinajstić information content (AvgIpc) is 2.73. The van der Waals surface area contributed by atoms with E-state index in [9.17, 15) is 0 Å². The molecule has 4 heteroatoms. The summed E-state index contributed by atoms with van der Waals surface area (Å²) in [7, 11) is 0. The molecule has 0 aromatic carbocycles. The fourth-order valence-electron chi connectivity index (χ4n) is 2.34. The maximum atomic E-state index is 6.24. The topological polar surface area (TPSA) is 64.9 Å². The van der Waals surface area contributed by atoms with Gasteiger partial charge in [-0.2, -0.15) is 4.98 Å². The van der Waals surface area contributed by atoms with Crippen LogP contribution in [0.4, 0.5) is 0 Å². The van der Waals surface area contributed by atoms with E-state index in [0.717, 1.165) is 31.0 Å². The van der Waals surface area contributed by atoms with Gasteiger partial charge in [-0.1, -0.05) is 18.0 Å². The highest BCUT2D eigenvalue weighted by Crippen LogP contribution is 2.36. The first-order valence-electron chi connectivity index (χ1n) is 5.88. The summed E-state index contributed by atoms with van der Waals surface area (Å²) in [5.41, 5.74) is 5.92. The second-order valence-corrected chi connectivity index (χ2v) is 5.03. The van der Waals surface area contributed by atoms with Gasteiger partial charge in [0.2, 0.25) is 5.89 Å². The molecule has 3 rings (SSSR count). The Morgan fingerprint density at radius 3 is 2.73 bits per heavy atom. The zero-order valence-electron chi connectivity index (χ0n) is 8.91. The Hall–Kier alpha value is -0.900. The zero-order valence-corrected chi connectivity index (χ0v) is 8.91. The molecule has 0 unspecified atom stereocenters. The van der Waals surface area contributed by atoms with Gasteiger partial charge in [0.05, 0.1) is 5.54 Å². The number of hydrogen-bond acceptors (Lipinski definition) is 4. The lowest BCUT2D eigenvalue weighted by molar-refractivity contribution is 0.283. The minimum atomic E-state index is -0.325. The quantitative estimate of drug-likeness (QED) is 0.820. The molecule has 0 saturated heterocycles. The van der Waals surface area contributed by atoms with Crippen LogP contribution in [0.25, 0.3) is 0 Å². The predicted octanol–water partition coefficient (Wildman–Crippen LogP) is 1.75. The van der Waals surface area contributed by atoms with Crippen LogP contribution in [-0.4, -0.2) is 10.1 Å². The summed E-state index contributed by atoms with van der Waals surface area (Å²) in [4.78, 5) is 4.44. The van der Waals surface area contributed by atoms with E-state index in [1.165, 1.54) is 25.7 Å². The van der Waals surface area contributed by atoms with Crippen LogP contribution in [0, 0.1) is 5.92 Å². The molecule has 1 heterocycles. The Balaban J connectivity index is 1.76. The van der Waals surface area contributed by atoms with E-state index < -0.39 is 0 Å². The molecule has 2 fully saturated rings. The first kappa shape index (κ1) is 9.33. The van der Waals surface area contributed by atoms with Crippen LogP contribution in [-0.2, 0) is 12.0 Å². The van der Waals surface area contributed by atoms with Crippen LogP contribution in [0.2, 0.25) is 0 Å². The van der Waals surface area contributed by atoms with Crippen molar-refractivity contribution in [2.45, 2.75) is 50.5 Å². The summed E-state index contributed by atoms with van der Waals surface area (Å²) in [6, 6.07) is 0. The average molecular weight is 207 g/mol. The van der Waals surface area contributed by atoms with Crippen LogP contribution >= 0.6 is 0 Å². The van der Waals surface area contributed by atoms with Gasteiger partial charge < -0.3 is 10.3 Å². The molecule has 2 N–H and O–H groups in total. The Bertz CT molecular complexity index is 350. The molecule has 0 radical (unpaired) electrons. The second kappa shape index (κ2) is 3.30. The summed E-state index contributed by atoms with van der Waals surface area (Å²) in [6.07, 6.45) is 7.93. The largest absolute Gasteiger partial charge is 0.337 e. The predicted molar refractivity (Wildman–Crippen MR) is 55.1 cm³/mol. The van der Waals surface area contributed by atoms with E-state index in [-0.39, 0.29) is 5.54 Å². The normalized spacial score (nSPS) is 24.6. The van der Waals surface area contributed by atoms with Crippen molar-refractivity contribution in [3.05, 3.63) is 11.7 Å². The van der Waals surface area contributed by atoms with Crippen LogP contribution in [0.1, 0.15) is 50.2 Å². The molecule has 15 heavy (non-hydrogen) atoms. The maximum Gasteiger partial charge on any atom is 0.246 e. The fourth-order valence-corrected chi connectivity index (χ4v) is 2.34. The highest BCUT2D eigenvalue weighted by Gasteiger charge is 2.37. The Morgan fingerprint density at radius 1 is 1.33 bits per heavy atom. The van der Waals surface area contributed by atoms with Gasteiger partial charge in [0.1, 0.15) is 0 Å². The van der Waals surface area contributed by atoms with Crippen molar-refractivity contribution in [3.63, 3.8) is 0 Å². The molecule has 0 amide bonds. The molecule has 4 nitrogen and oxygen atoms in total. The van der Waals surface area contributed by atoms with Crippen molar-refractivity contribution in [1.82, 2.24) is 10.1 Å². The summed E-state index contributed by atoms with van der Waals surface area (Å²) in [5, 5.41) is 4.02. The third kappa shape index (κ3) is 1.78. The van der Waals surface area contributed by atoms with Crippen molar-refractivity contribution in [2.75, 3.05) is 0 Å². The molecule has 2 aliphatic rings. The third-order valence-corrected chi connectivity index (χ3v) is 3.56. The molecule has 1 aromatic rings. The first-order chi connectivity index (χ1) is 7.26. The van der Waals surface area contributed by atoms with Gasteiger partial charge in [0.15, 0.2) is 5.82 Å². The molecule has 0 atom stereocenters. The van der Waals surface area contributed by atoms with E-state index in [1.807, 2.05) is 0 Å². The summed E-state index contributed by atoms with van der Waals surface area (Å²) < 4.78 is 5.29. The Morgan fingerprint density at radius 2 is 2.07 bits per heavy atom. The monoisotopic (exact) mass is 207 g/mol. The highest BCUT2D eigenvalue weighted by atomic mass is 16.5. The summed E-state index contributed by atoms with van der Waals surface area (Å²) in [6.45, 7) is 0. The highest BCUT2D eigenvalue weighted by molar-refractivity contribution is 5.05. The van der Waals surface area contributed by atoms with Gasteiger partial charge in [-0.15, -0.1) is 0 Å². The molecule has 0 bridgehead atoms. The standard InChI is InChI=1S/C11H17N3O/c12-11(5-1-2-6-11)10-13-9(14-15-10)7-8-3-4-8/h8H,1-7,12H2. The van der Waals surface area contributed by atoms with Crippen molar-refractivity contribution >= 4 is 0 Å². The molecule has 2 aliphatic carbocycles. The van der Waals surface area contributed by atoms with E-state index in [1.54, 1.807) is 0 Å². The number of nitrogens with two attached hydrogens (primary N) is 1. The van der Waals surface area contributed by atoms with Crippen molar-refractivity contribution < 1.29 is 4.52 Å². The SMILES string of the molecule is NC1(c2nc(CC3CC3)no2)CCCC1. The minimum Gasteiger partial charge on any atom is -0.337 e. The molecule has 0 aliphatic heterocycles. The molecule has 1 aromatic heterocycles. The third-order valence-electron chi connectivity index (χ3n) is 3.56. The van der Waals surface area contributed by atoms with E-state index in [0.29, 0.717) is 5.89 Å². The molecular weight excluding hydrogens is 190 g/mol. The maximum absolute atomic E-state index is 6.24. The second-order valence-electron chi connectivity index (χ2n) is 5.03. The molecule has 82 valence electrons. The number of hydrogen-bond donors (Lipinski definition) is 1. The van der Waals surface area contributed by atoms with Crippen LogP contribution in [0.3, 0.4) is 0 Å². The lowest BCUT2D eigenvalue weighted by Crippen LogP contribution is -2.33. The van der Waals surface area contributed by atoms with Crippen LogP contribution < -0.4 is 5.73 Å². The van der Waals surface area contributed by atoms with Gasteiger partial charge in [0.25, 0.3) is 0 Å². The summed E-state index contributed by atoms with van der Waals surface area (Å²) in [5.74, 6) is 2.31. The van der Waals surface area contributed by atoms with Gasteiger partial charge >= 0.3 is 0 Å². The lowest BCUT2D eigenvalue weighted by Gasteiger charge is -2.17. The van der Waals surface area contributed by atoms with Crippen molar-refractivity contribution in [1.29, 1.82) is 0 Å². The van der Waals surface area contributed by atoms with Gasteiger partial charge in [-0.3, -0.25) is 0 Å². The van der Waals surface area contributed by atoms with Gasteiger partial charge in [0, 0.05) is 6.42 Å². The van der Waals surface area contributed by atoms with E-state index in [4.69, 9.17) is 10.3 Å². The van der Waals surface area contributed by atoms with Crippen LogP contribution in [0.5, 0.6) is 0 Å². The van der Waals surface area contributed by atoms with E-state index >= 15 is 0 Å². The van der Waals surface area contributed by atoms with Crippen molar-refractivity contribution in [3.8, 4) is 0 Å². The smallest absolute Gasteiger partial charge is 0.246 e. The number of rotatable bonds is 3. The van der Waals surface area contributed by atoms with E-state index in [2.05, 4.69) is 10.1 Å². The van der Waals surface area contributed by atoms with Crippen LogP contribution in [0.15, 0.2) is 4.52 Å². The Labute approximate surface area is 89.2 Å². The molecule has 2 saturated carbocycles. The number of aromatic nitrogens is 2. The number of nitrogens with zero attached hydrogens (tertiary/aromatic N) is 2. The van der Waals surface area contributed by atoms with Gasteiger partial charge in [-0.05, 0) is 31.6 Å². The van der Waals surface area contributed by atoms with Crippen molar-refractivity contribution in [2.24, 2.45) is 11.7 Å². The van der Waals surface area contributed by atoms with Gasteiger partial charge in [-0.25, -0.2) is 0 Å². The molecular formula is C11H17N3O. The lowest BCUT2D eigenvalue weighted by atomic mass is 9.99. The first-order valence-corrected chi connectivity index (χ1v) is 5.88. The Kier molecular flexibility index (Phi) is 2.06. The minimum absolute atomic E-state index is 0.325.